The van der Waals surface area contributed by atoms with Gasteiger partial charge in [0, 0.05) is 45.9 Å². The largest absolute Gasteiger partial charge is 0.389 e. The van der Waals surface area contributed by atoms with Crippen LogP contribution in [0.5, 0.6) is 0 Å². The van der Waals surface area contributed by atoms with E-state index in [0.29, 0.717) is 19.2 Å². The Hall–Kier alpha value is -1.96. The summed E-state index contributed by atoms with van der Waals surface area (Å²) in [7, 11) is 1.63. The first-order valence-corrected chi connectivity index (χ1v) is 10.9. The number of anilines is 2. The summed E-state index contributed by atoms with van der Waals surface area (Å²) >= 11 is 0. The quantitative estimate of drug-likeness (QED) is 0.741. The van der Waals surface area contributed by atoms with Crippen LogP contribution in [-0.2, 0) is 4.74 Å². The number of aliphatic hydroxyl groups is 1. The van der Waals surface area contributed by atoms with Gasteiger partial charge >= 0.3 is 0 Å². The summed E-state index contributed by atoms with van der Waals surface area (Å²) in [5.74, 6) is 1.92. The Morgan fingerprint density at radius 3 is 2.45 bits per heavy atom. The lowest BCUT2D eigenvalue weighted by molar-refractivity contribution is 0.0327. The van der Waals surface area contributed by atoms with Crippen LogP contribution in [0, 0.1) is 0 Å². The van der Waals surface area contributed by atoms with Crippen molar-refractivity contribution in [3.8, 4) is 0 Å². The van der Waals surface area contributed by atoms with E-state index in [0.717, 1.165) is 61.7 Å². The van der Waals surface area contributed by atoms with Crippen molar-refractivity contribution in [2.24, 2.45) is 0 Å². The number of hydrogen-bond acceptors (Lipinski definition) is 7. The molecule has 2 aromatic rings. The molecule has 0 spiro atoms. The van der Waals surface area contributed by atoms with Gasteiger partial charge < -0.3 is 25.0 Å². The molecule has 0 amide bonds. The van der Waals surface area contributed by atoms with E-state index < -0.39 is 6.10 Å². The number of methoxy groups -OCH3 is 1. The number of benzene rings is 1. The minimum atomic E-state index is -0.415. The SMILES string of the molecule is COCC(O)CN1CCC(Nc2nc3ccccc3nc2N2CCCCC2)CC1. The number of aliphatic hydroxyl groups excluding tert-OH is 1. The number of nitrogens with one attached hydrogen (secondary N) is 1. The molecule has 7 nitrogen and oxygen atoms in total. The molecule has 2 aliphatic rings. The summed E-state index contributed by atoms with van der Waals surface area (Å²) in [5.41, 5.74) is 1.90. The van der Waals surface area contributed by atoms with Gasteiger partial charge in [0.05, 0.1) is 23.7 Å². The van der Waals surface area contributed by atoms with E-state index in [2.05, 4.69) is 15.1 Å². The van der Waals surface area contributed by atoms with Crippen LogP contribution in [0.4, 0.5) is 11.6 Å². The first-order chi connectivity index (χ1) is 14.2. The molecule has 7 heteroatoms. The van der Waals surface area contributed by atoms with E-state index >= 15 is 0 Å². The fourth-order valence-electron chi connectivity index (χ4n) is 4.41. The number of piperidine rings is 2. The van der Waals surface area contributed by atoms with Crippen LogP contribution in [0.25, 0.3) is 11.0 Å². The molecule has 2 saturated heterocycles. The minimum Gasteiger partial charge on any atom is -0.389 e. The number of ether oxygens (including phenoxy) is 1. The Kier molecular flexibility index (Phi) is 6.79. The number of likely N-dealkylation sites (tertiary alicyclic amines) is 1. The zero-order chi connectivity index (χ0) is 20.1. The van der Waals surface area contributed by atoms with Crippen molar-refractivity contribution >= 4 is 22.7 Å². The molecular weight excluding hydrogens is 366 g/mol. The van der Waals surface area contributed by atoms with Gasteiger partial charge in [0.15, 0.2) is 11.6 Å². The molecule has 2 fully saturated rings. The highest BCUT2D eigenvalue weighted by molar-refractivity contribution is 5.80. The van der Waals surface area contributed by atoms with Gasteiger partial charge in [0.2, 0.25) is 0 Å². The number of para-hydroxylation sites is 2. The maximum absolute atomic E-state index is 9.98. The molecule has 0 radical (unpaired) electrons. The predicted molar refractivity (Wildman–Crippen MR) is 117 cm³/mol. The van der Waals surface area contributed by atoms with E-state index in [-0.39, 0.29) is 0 Å². The number of fused-ring (bicyclic) bond motifs is 1. The predicted octanol–water partition coefficient (Wildman–Crippen LogP) is 2.50. The number of β-amino-alcohol motifs (C(OH)–C–C–N with tert-alkyl or cyclic N) is 1. The van der Waals surface area contributed by atoms with Crippen molar-refractivity contribution in [1.29, 1.82) is 0 Å². The molecule has 0 bridgehead atoms. The topological polar surface area (TPSA) is 73.8 Å². The van der Waals surface area contributed by atoms with Gasteiger partial charge in [0.25, 0.3) is 0 Å². The van der Waals surface area contributed by atoms with Crippen molar-refractivity contribution in [1.82, 2.24) is 14.9 Å². The Morgan fingerprint density at radius 1 is 1.07 bits per heavy atom. The highest BCUT2D eigenvalue weighted by atomic mass is 16.5. The smallest absolute Gasteiger partial charge is 0.172 e. The molecule has 0 aliphatic carbocycles. The third kappa shape index (κ3) is 5.15. The summed E-state index contributed by atoms with van der Waals surface area (Å²) in [5, 5.41) is 13.7. The monoisotopic (exact) mass is 399 g/mol. The van der Waals surface area contributed by atoms with Crippen LogP contribution in [-0.4, -0.2) is 78.6 Å². The molecule has 2 aliphatic heterocycles. The summed E-state index contributed by atoms with van der Waals surface area (Å²) in [6, 6.07) is 8.50. The van der Waals surface area contributed by atoms with Crippen LogP contribution in [0.2, 0.25) is 0 Å². The molecule has 1 aromatic carbocycles. The lowest BCUT2D eigenvalue weighted by atomic mass is 10.0. The summed E-state index contributed by atoms with van der Waals surface area (Å²) in [4.78, 5) is 14.6. The molecule has 1 unspecified atom stereocenters. The fraction of sp³-hybridized carbons (Fsp3) is 0.636. The van der Waals surface area contributed by atoms with E-state index in [1.807, 2.05) is 24.3 Å². The zero-order valence-corrected chi connectivity index (χ0v) is 17.4. The van der Waals surface area contributed by atoms with Gasteiger partial charge in [-0.05, 0) is 44.2 Å². The minimum absolute atomic E-state index is 0.379. The van der Waals surface area contributed by atoms with Gasteiger partial charge in [-0.25, -0.2) is 9.97 Å². The van der Waals surface area contributed by atoms with Gasteiger partial charge in [0.1, 0.15) is 0 Å². The fourth-order valence-corrected chi connectivity index (χ4v) is 4.41. The highest BCUT2D eigenvalue weighted by Gasteiger charge is 2.24. The summed E-state index contributed by atoms with van der Waals surface area (Å²) in [6.45, 7) is 5.12. The molecular formula is C22H33N5O2. The molecule has 2 N–H and O–H groups in total. The van der Waals surface area contributed by atoms with E-state index in [4.69, 9.17) is 14.7 Å². The third-order valence-electron chi connectivity index (χ3n) is 5.96. The van der Waals surface area contributed by atoms with Crippen molar-refractivity contribution < 1.29 is 9.84 Å². The van der Waals surface area contributed by atoms with Crippen LogP contribution in [0.3, 0.4) is 0 Å². The molecule has 1 aromatic heterocycles. The maximum Gasteiger partial charge on any atom is 0.172 e. The molecule has 3 heterocycles. The molecule has 4 rings (SSSR count). The Bertz CT molecular complexity index is 788. The third-order valence-corrected chi connectivity index (χ3v) is 5.96. The van der Waals surface area contributed by atoms with Crippen LogP contribution < -0.4 is 10.2 Å². The van der Waals surface area contributed by atoms with Crippen LogP contribution >= 0.6 is 0 Å². The van der Waals surface area contributed by atoms with Crippen LogP contribution in [0.1, 0.15) is 32.1 Å². The lowest BCUT2D eigenvalue weighted by Crippen LogP contribution is -2.43. The lowest BCUT2D eigenvalue weighted by Gasteiger charge is -2.35. The van der Waals surface area contributed by atoms with Crippen LogP contribution in [0.15, 0.2) is 24.3 Å². The summed E-state index contributed by atoms with van der Waals surface area (Å²) in [6.07, 6.45) is 5.39. The molecule has 0 saturated carbocycles. The zero-order valence-electron chi connectivity index (χ0n) is 17.4. The van der Waals surface area contributed by atoms with Crippen molar-refractivity contribution in [3.05, 3.63) is 24.3 Å². The average Bonchev–Trinajstić information content (AvgIpc) is 2.75. The standard InChI is InChI=1S/C22H33N5O2/c1-29-16-18(28)15-26-13-9-17(10-14-26)23-21-22(27-11-5-2-6-12-27)25-20-8-4-3-7-19(20)24-21/h3-4,7-8,17-18,28H,2,5-6,9-16H2,1H3,(H,23,24). The Morgan fingerprint density at radius 2 is 1.76 bits per heavy atom. The van der Waals surface area contributed by atoms with Crippen molar-refractivity contribution in [2.45, 2.75) is 44.2 Å². The van der Waals surface area contributed by atoms with E-state index in [1.54, 1.807) is 7.11 Å². The van der Waals surface area contributed by atoms with Gasteiger partial charge in [-0.1, -0.05) is 12.1 Å². The second-order valence-corrected chi connectivity index (χ2v) is 8.26. The second-order valence-electron chi connectivity index (χ2n) is 8.26. The Balaban J connectivity index is 1.46. The first kappa shape index (κ1) is 20.3. The number of hydrogen-bond donors (Lipinski definition) is 2. The molecule has 1 atom stereocenters. The second kappa shape index (κ2) is 9.69. The average molecular weight is 400 g/mol. The highest BCUT2D eigenvalue weighted by Crippen LogP contribution is 2.29. The van der Waals surface area contributed by atoms with Crippen molar-refractivity contribution in [2.75, 3.05) is 56.7 Å². The van der Waals surface area contributed by atoms with Gasteiger partial charge in [-0.3, -0.25) is 0 Å². The first-order valence-electron chi connectivity index (χ1n) is 10.9. The Labute approximate surface area is 173 Å². The molecule has 29 heavy (non-hydrogen) atoms. The number of aromatic nitrogens is 2. The number of rotatable bonds is 7. The summed E-state index contributed by atoms with van der Waals surface area (Å²) < 4.78 is 5.04. The van der Waals surface area contributed by atoms with Crippen molar-refractivity contribution in [3.63, 3.8) is 0 Å². The van der Waals surface area contributed by atoms with Gasteiger partial charge in [-0.2, -0.15) is 0 Å². The number of nitrogens with zero attached hydrogens (tertiary/aromatic N) is 4. The van der Waals surface area contributed by atoms with E-state index in [9.17, 15) is 5.11 Å². The molecule has 158 valence electrons. The maximum atomic E-state index is 9.98. The van der Waals surface area contributed by atoms with Gasteiger partial charge in [-0.15, -0.1) is 0 Å². The normalized spacial score (nSPS) is 20.1. The van der Waals surface area contributed by atoms with E-state index in [1.165, 1.54) is 19.3 Å².